The maximum Gasteiger partial charge on any atom is 0.349 e. The van der Waals surface area contributed by atoms with Crippen LogP contribution in [-0.4, -0.2) is 28.0 Å². The lowest BCUT2D eigenvalue weighted by Gasteiger charge is -2.14. The van der Waals surface area contributed by atoms with Crippen LogP contribution in [-0.2, 0) is 14.8 Å². The predicted molar refractivity (Wildman–Crippen MR) is 96.2 cm³/mol. The normalized spacial score (nSPS) is 12.3. The molecule has 9 heteroatoms. The summed E-state index contributed by atoms with van der Waals surface area (Å²) in [6, 6.07) is 8.71. The average molecular weight is 391 g/mol. The van der Waals surface area contributed by atoms with E-state index in [1.165, 1.54) is 7.11 Å². The first-order chi connectivity index (χ1) is 10.9. The van der Waals surface area contributed by atoms with E-state index in [1.54, 1.807) is 12.3 Å². The Labute approximate surface area is 151 Å². The second kappa shape index (κ2) is 8.59. The third-order valence-electron chi connectivity index (χ3n) is 3.28. The first-order valence-corrected chi connectivity index (χ1v) is 9.19. The molecule has 0 fully saturated rings. The molecule has 1 unspecified atom stereocenters. The number of hydrogen-bond acceptors (Lipinski definition) is 6. The van der Waals surface area contributed by atoms with Crippen molar-refractivity contribution < 1.29 is 17.9 Å². The quantitative estimate of drug-likeness (QED) is 0.737. The summed E-state index contributed by atoms with van der Waals surface area (Å²) < 4.78 is 32.1. The number of carbonyl (C=O) groups excluding carboxylic acids is 1. The van der Waals surface area contributed by atoms with Crippen molar-refractivity contribution >= 4 is 39.7 Å². The number of halogens is 1. The number of rotatable bonds is 6. The lowest BCUT2D eigenvalue weighted by atomic mass is 10.1. The van der Waals surface area contributed by atoms with Crippen LogP contribution in [0.15, 0.2) is 40.6 Å². The molecule has 0 aliphatic carbocycles. The standard InChI is InChI=1S/C15H18N2O4S2.ClH/c1-10-9-22-13(15(18)21-2)14(10)23(19,20)17-8-12(16)11-6-4-3-5-7-11;/h3-7,9,12,17H,8,16H2,1-2H3;1H. The van der Waals surface area contributed by atoms with E-state index in [2.05, 4.69) is 9.46 Å². The van der Waals surface area contributed by atoms with Crippen LogP contribution in [0.25, 0.3) is 0 Å². The number of esters is 1. The number of benzene rings is 1. The Balaban J connectivity index is 0.00000288. The van der Waals surface area contributed by atoms with Crippen molar-refractivity contribution in [2.24, 2.45) is 5.73 Å². The molecule has 3 N–H and O–H groups in total. The fourth-order valence-corrected chi connectivity index (χ4v) is 4.85. The van der Waals surface area contributed by atoms with Crippen molar-refractivity contribution in [1.82, 2.24) is 4.72 Å². The molecule has 0 saturated carbocycles. The van der Waals surface area contributed by atoms with E-state index in [0.29, 0.717) is 5.56 Å². The molecule has 0 radical (unpaired) electrons. The molecule has 0 saturated heterocycles. The van der Waals surface area contributed by atoms with Gasteiger partial charge in [-0.05, 0) is 23.4 Å². The van der Waals surface area contributed by atoms with E-state index in [-0.39, 0.29) is 28.7 Å². The van der Waals surface area contributed by atoms with Crippen LogP contribution < -0.4 is 10.5 Å². The van der Waals surface area contributed by atoms with Gasteiger partial charge in [-0.2, -0.15) is 0 Å². The summed E-state index contributed by atoms with van der Waals surface area (Å²) in [7, 11) is -2.64. The number of nitrogens with one attached hydrogen (secondary N) is 1. The lowest BCUT2D eigenvalue weighted by molar-refractivity contribution is 0.0602. The maximum absolute atomic E-state index is 12.5. The molecule has 1 aromatic carbocycles. The van der Waals surface area contributed by atoms with E-state index in [9.17, 15) is 13.2 Å². The zero-order valence-corrected chi connectivity index (χ0v) is 15.6. The van der Waals surface area contributed by atoms with Gasteiger partial charge in [0.1, 0.15) is 9.77 Å². The van der Waals surface area contributed by atoms with Crippen LogP contribution in [0.4, 0.5) is 0 Å². The van der Waals surface area contributed by atoms with Gasteiger partial charge < -0.3 is 10.5 Å². The molecule has 0 amide bonds. The van der Waals surface area contributed by atoms with Gasteiger partial charge in [-0.1, -0.05) is 30.3 Å². The molecule has 0 bridgehead atoms. The molecule has 24 heavy (non-hydrogen) atoms. The van der Waals surface area contributed by atoms with E-state index in [1.807, 2.05) is 30.3 Å². The Bertz CT molecular complexity index is 791. The number of thiophene rings is 1. The van der Waals surface area contributed by atoms with Crippen LogP contribution in [0.3, 0.4) is 0 Å². The topological polar surface area (TPSA) is 98.5 Å². The monoisotopic (exact) mass is 390 g/mol. The SMILES string of the molecule is COC(=O)c1scc(C)c1S(=O)(=O)NCC(N)c1ccccc1.Cl. The molecule has 1 aromatic heterocycles. The van der Waals surface area contributed by atoms with Crippen molar-refractivity contribution in [3.8, 4) is 0 Å². The fraction of sp³-hybridized carbons (Fsp3) is 0.267. The van der Waals surface area contributed by atoms with Gasteiger partial charge in [0.15, 0.2) is 0 Å². The number of sulfonamides is 1. The number of ether oxygens (including phenoxy) is 1. The summed E-state index contributed by atoms with van der Waals surface area (Å²) in [6.45, 7) is 1.66. The Hall–Kier alpha value is -1.45. The minimum atomic E-state index is -3.86. The Morgan fingerprint density at radius 3 is 2.54 bits per heavy atom. The Morgan fingerprint density at radius 2 is 1.96 bits per heavy atom. The van der Waals surface area contributed by atoms with E-state index in [0.717, 1.165) is 16.9 Å². The summed E-state index contributed by atoms with van der Waals surface area (Å²) in [5.74, 6) is -0.671. The molecular weight excluding hydrogens is 372 g/mol. The summed E-state index contributed by atoms with van der Waals surface area (Å²) in [4.78, 5) is 11.7. The largest absolute Gasteiger partial charge is 0.465 e. The van der Waals surface area contributed by atoms with Crippen LogP contribution in [0.2, 0.25) is 0 Å². The Morgan fingerprint density at radius 1 is 1.33 bits per heavy atom. The molecule has 6 nitrogen and oxygen atoms in total. The van der Waals surface area contributed by atoms with Gasteiger partial charge in [-0.3, -0.25) is 0 Å². The van der Waals surface area contributed by atoms with Gasteiger partial charge in [0.05, 0.1) is 7.11 Å². The van der Waals surface area contributed by atoms with Crippen molar-refractivity contribution in [1.29, 1.82) is 0 Å². The van der Waals surface area contributed by atoms with E-state index < -0.39 is 22.0 Å². The molecule has 2 aromatic rings. The van der Waals surface area contributed by atoms with Gasteiger partial charge in [-0.25, -0.2) is 17.9 Å². The summed E-state index contributed by atoms with van der Waals surface area (Å²) in [6.07, 6.45) is 0. The van der Waals surface area contributed by atoms with Crippen molar-refractivity contribution in [3.63, 3.8) is 0 Å². The molecular formula is C15H19ClN2O4S2. The number of aryl methyl sites for hydroxylation is 1. The zero-order chi connectivity index (χ0) is 17.0. The third-order valence-corrected chi connectivity index (χ3v) is 6.10. The summed E-state index contributed by atoms with van der Waals surface area (Å²) in [5.41, 5.74) is 7.32. The minimum Gasteiger partial charge on any atom is -0.465 e. The van der Waals surface area contributed by atoms with Crippen LogP contribution in [0.1, 0.15) is 26.8 Å². The molecule has 0 aliphatic rings. The van der Waals surface area contributed by atoms with Gasteiger partial charge in [0, 0.05) is 12.6 Å². The lowest BCUT2D eigenvalue weighted by Crippen LogP contribution is -2.32. The highest BCUT2D eigenvalue weighted by molar-refractivity contribution is 7.89. The molecule has 2 rings (SSSR count). The highest BCUT2D eigenvalue weighted by atomic mass is 35.5. The van der Waals surface area contributed by atoms with Gasteiger partial charge in [0.25, 0.3) is 0 Å². The van der Waals surface area contributed by atoms with Crippen molar-refractivity contribution in [3.05, 3.63) is 51.7 Å². The second-order valence-electron chi connectivity index (χ2n) is 4.94. The molecule has 132 valence electrons. The summed E-state index contributed by atoms with van der Waals surface area (Å²) >= 11 is 1.04. The highest BCUT2D eigenvalue weighted by Crippen LogP contribution is 2.27. The molecule has 1 atom stereocenters. The number of methoxy groups -OCH3 is 1. The van der Waals surface area contributed by atoms with Crippen LogP contribution in [0, 0.1) is 6.92 Å². The van der Waals surface area contributed by atoms with E-state index >= 15 is 0 Å². The average Bonchev–Trinajstić information content (AvgIpc) is 2.95. The smallest absolute Gasteiger partial charge is 0.349 e. The Kier molecular flexibility index (Phi) is 7.37. The van der Waals surface area contributed by atoms with Crippen molar-refractivity contribution in [2.45, 2.75) is 17.9 Å². The second-order valence-corrected chi connectivity index (χ2v) is 7.52. The number of hydrogen-bond donors (Lipinski definition) is 2. The molecule has 1 heterocycles. The predicted octanol–water partition coefficient (Wildman–Crippen LogP) is 2.24. The van der Waals surface area contributed by atoms with Gasteiger partial charge >= 0.3 is 5.97 Å². The van der Waals surface area contributed by atoms with Crippen LogP contribution in [0.5, 0.6) is 0 Å². The van der Waals surface area contributed by atoms with Crippen LogP contribution >= 0.6 is 23.7 Å². The fourth-order valence-electron chi connectivity index (χ4n) is 2.09. The first kappa shape index (κ1) is 20.6. The summed E-state index contributed by atoms with van der Waals surface area (Å²) in [5, 5.41) is 1.61. The number of nitrogens with two attached hydrogens (primary N) is 1. The maximum atomic E-state index is 12.5. The minimum absolute atomic E-state index is 0. The molecule has 0 spiro atoms. The van der Waals surface area contributed by atoms with Gasteiger partial charge in [-0.15, -0.1) is 23.7 Å². The number of carbonyl (C=O) groups is 1. The zero-order valence-electron chi connectivity index (χ0n) is 13.2. The first-order valence-electron chi connectivity index (χ1n) is 6.83. The highest BCUT2D eigenvalue weighted by Gasteiger charge is 2.27. The third kappa shape index (κ3) is 4.55. The van der Waals surface area contributed by atoms with Gasteiger partial charge in [0.2, 0.25) is 10.0 Å². The molecule has 0 aliphatic heterocycles. The van der Waals surface area contributed by atoms with Crippen molar-refractivity contribution in [2.75, 3.05) is 13.7 Å². The van der Waals surface area contributed by atoms with E-state index in [4.69, 9.17) is 5.73 Å².